The van der Waals surface area contributed by atoms with E-state index in [0.29, 0.717) is 35.2 Å². The highest BCUT2D eigenvalue weighted by molar-refractivity contribution is 6.32. The minimum absolute atomic E-state index is 0.199. The minimum atomic E-state index is -0.199. The maximum atomic E-state index is 12.5. The zero-order valence-electron chi connectivity index (χ0n) is 16.3. The summed E-state index contributed by atoms with van der Waals surface area (Å²) in [6.45, 7) is 5.64. The third-order valence-electron chi connectivity index (χ3n) is 4.47. The molecule has 0 bridgehead atoms. The number of amides is 1. The molecule has 0 radical (unpaired) electrons. The van der Waals surface area contributed by atoms with Gasteiger partial charge in [-0.1, -0.05) is 23.7 Å². The fourth-order valence-electron chi connectivity index (χ4n) is 3.15. The Morgan fingerprint density at radius 1 is 1.29 bits per heavy atom. The summed E-state index contributed by atoms with van der Waals surface area (Å²) in [5, 5.41) is 3.28. The van der Waals surface area contributed by atoms with Crippen molar-refractivity contribution in [2.24, 2.45) is 0 Å². The molecule has 0 saturated heterocycles. The van der Waals surface area contributed by atoms with E-state index in [1.54, 1.807) is 12.1 Å². The van der Waals surface area contributed by atoms with Gasteiger partial charge < -0.3 is 19.4 Å². The number of para-hydroxylation sites is 2. The number of ether oxygens (including phenoxy) is 2. The molecule has 148 valence electrons. The predicted octanol–water partition coefficient (Wildman–Crippen LogP) is 4.23. The summed E-state index contributed by atoms with van der Waals surface area (Å²) >= 11 is 6.24. The molecule has 0 atom stereocenters. The smallest absolute Gasteiger partial charge is 0.251 e. The Kier molecular flexibility index (Phi) is 6.41. The number of benzene rings is 2. The van der Waals surface area contributed by atoms with Gasteiger partial charge in [-0.25, -0.2) is 4.98 Å². The van der Waals surface area contributed by atoms with Crippen LogP contribution in [-0.2, 0) is 6.54 Å². The largest absolute Gasteiger partial charge is 0.493 e. The molecule has 1 amide bonds. The number of fused-ring (bicyclic) bond motifs is 1. The van der Waals surface area contributed by atoms with Crippen LogP contribution in [0.1, 0.15) is 29.5 Å². The fourth-order valence-corrected chi connectivity index (χ4v) is 3.42. The third kappa shape index (κ3) is 4.22. The Morgan fingerprint density at radius 3 is 2.82 bits per heavy atom. The summed E-state index contributed by atoms with van der Waals surface area (Å²) in [6, 6.07) is 11.3. The Bertz CT molecular complexity index is 984. The quantitative estimate of drug-likeness (QED) is 0.574. The molecule has 3 aromatic rings. The molecule has 1 N–H and O–H groups in total. The van der Waals surface area contributed by atoms with Crippen molar-refractivity contribution in [2.45, 2.75) is 26.8 Å². The molecule has 0 unspecified atom stereocenters. The number of hydrogen-bond donors (Lipinski definition) is 1. The summed E-state index contributed by atoms with van der Waals surface area (Å²) in [5.41, 5.74) is 2.53. The molecule has 0 aliphatic rings. The van der Waals surface area contributed by atoms with Gasteiger partial charge >= 0.3 is 0 Å². The van der Waals surface area contributed by atoms with Gasteiger partial charge in [-0.15, -0.1) is 0 Å². The molecular formula is C21H24ClN3O3. The van der Waals surface area contributed by atoms with Crippen LogP contribution in [0.3, 0.4) is 0 Å². The summed E-state index contributed by atoms with van der Waals surface area (Å²) < 4.78 is 12.9. The zero-order valence-corrected chi connectivity index (χ0v) is 17.0. The molecule has 0 fully saturated rings. The standard InChI is InChI=1S/C21H24ClN3O3/c1-4-28-20-16(22)12-15(13-19(20)27-3)21(26)23-10-7-11-25-14(2)24-17-8-5-6-9-18(17)25/h5-6,8-9,12-13H,4,7,10-11H2,1-3H3,(H,23,26). The zero-order chi connectivity index (χ0) is 20.1. The van der Waals surface area contributed by atoms with Crippen molar-refractivity contribution in [3.05, 3.63) is 52.8 Å². The van der Waals surface area contributed by atoms with Crippen LogP contribution in [0.5, 0.6) is 11.5 Å². The highest BCUT2D eigenvalue weighted by atomic mass is 35.5. The van der Waals surface area contributed by atoms with Crippen LogP contribution in [0.15, 0.2) is 36.4 Å². The van der Waals surface area contributed by atoms with Gasteiger partial charge in [-0.05, 0) is 44.5 Å². The van der Waals surface area contributed by atoms with E-state index in [1.807, 2.05) is 32.0 Å². The van der Waals surface area contributed by atoms with Crippen LogP contribution in [-0.4, -0.2) is 35.7 Å². The Labute approximate surface area is 169 Å². The summed E-state index contributed by atoms with van der Waals surface area (Å²) in [4.78, 5) is 17.1. The van der Waals surface area contributed by atoms with E-state index in [-0.39, 0.29) is 5.91 Å². The van der Waals surface area contributed by atoms with E-state index in [0.717, 1.165) is 29.8 Å². The van der Waals surface area contributed by atoms with E-state index in [1.165, 1.54) is 7.11 Å². The molecule has 0 spiro atoms. The number of halogens is 1. The predicted molar refractivity (Wildman–Crippen MR) is 111 cm³/mol. The van der Waals surface area contributed by atoms with Gasteiger partial charge in [-0.2, -0.15) is 0 Å². The van der Waals surface area contributed by atoms with E-state index in [4.69, 9.17) is 21.1 Å². The monoisotopic (exact) mass is 401 g/mol. The second kappa shape index (κ2) is 8.97. The topological polar surface area (TPSA) is 65.4 Å². The molecule has 0 aliphatic heterocycles. The van der Waals surface area contributed by atoms with Gasteiger partial charge in [0.1, 0.15) is 5.82 Å². The third-order valence-corrected chi connectivity index (χ3v) is 4.75. The molecule has 6 nitrogen and oxygen atoms in total. The van der Waals surface area contributed by atoms with Crippen molar-refractivity contribution in [3.63, 3.8) is 0 Å². The van der Waals surface area contributed by atoms with E-state index in [9.17, 15) is 4.79 Å². The normalized spacial score (nSPS) is 10.9. The average molecular weight is 402 g/mol. The Morgan fingerprint density at radius 2 is 2.07 bits per heavy atom. The number of nitrogens with one attached hydrogen (secondary N) is 1. The van der Waals surface area contributed by atoms with Gasteiger partial charge in [0.2, 0.25) is 0 Å². The van der Waals surface area contributed by atoms with Crippen LogP contribution < -0.4 is 14.8 Å². The minimum Gasteiger partial charge on any atom is -0.493 e. The van der Waals surface area contributed by atoms with Crippen LogP contribution in [0.2, 0.25) is 5.02 Å². The number of aryl methyl sites for hydroxylation is 2. The lowest BCUT2D eigenvalue weighted by Gasteiger charge is -2.13. The van der Waals surface area contributed by atoms with Crippen molar-refractivity contribution in [1.29, 1.82) is 0 Å². The molecule has 0 saturated carbocycles. The van der Waals surface area contributed by atoms with Crippen LogP contribution >= 0.6 is 11.6 Å². The molecule has 7 heteroatoms. The van der Waals surface area contributed by atoms with Crippen molar-refractivity contribution in [1.82, 2.24) is 14.9 Å². The summed E-state index contributed by atoms with van der Waals surface area (Å²) in [6.07, 6.45) is 0.787. The van der Waals surface area contributed by atoms with Crippen molar-refractivity contribution >= 4 is 28.5 Å². The summed E-state index contributed by atoms with van der Waals surface area (Å²) in [5.74, 6) is 1.66. The summed E-state index contributed by atoms with van der Waals surface area (Å²) in [7, 11) is 1.52. The van der Waals surface area contributed by atoms with Crippen LogP contribution in [0.25, 0.3) is 11.0 Å². The highest BCUT2D eigenvalue weighted by Gasteiger charge is 2.15. The lowest BCUT2D eigenvalue weighted by molar-refractivity contribution is 0.0952. The van der Waals surface area contributed by atoms with Gasteiger partial charge in [0.15, 0.2) is 11.5 Å². The first-order valence-electron chi connectivity index (χ1n) is 9.25. The number of carbonyl (C=O) groups is 1. The fraction of sp³-hybridized carbons (Fsp3) is 0.333. The van der Waals surface area contributed by atoms with Crippen LogP contribution in [0, 0.1) is 6.92 Å². The van der Waals surface area contributed by atoms with E-state index in [2.05, 4.69) is 20.9 Å². The van der Waals surface area contributed by atoms with Gasteiger partial charge in [0.05, 0.1) is 29.8 Å². The SMILES string of the molecule is CCOc1c(Cl)cc(C(=O)NCCCn2c(C)nc3ccccc32)cc1OC. The first kappa shape index (κ1) is 20.0. The molecule has 3 rings (SSSR count). The first-order chi connectivity index (χ1) is 13.5. The highest BCUT2D eigenvalue weighted by Crippen LogP contribution is 2.36. The van der Waals surface area contributed by atoms with E-state index >= 15 is 0 Å². The number of carbonyl (C=O) groups excluding carboxylic acids is 1. The van der Waals surface area contributed by atoms with Crippen molar-refractivity contribution in [3.8, 4) is 11.5 Å². The van der Waals surface area contributed by atoms with Gasteiger partial charge in [0, 0.05) is 18.7 Å². The first-order valence-corrected chi connectivity index (χ1v) is 9.63. The van der Waals surface area contributed by atoms with Gasteiger partial charge in [0.25, 0.3) is 5.91 Å². The van der Waals surface area contributed by atoms with Crippen LogP contribution in [0.4, 0.5) is 0 Å². The van der Waals surface area contributed by atoms with Crippen molar-refractivity contribution < 1.29 is 14.3 Å². The second-order valence-electron chi connectivity index (χ2n) is 6.33. The second-order valence-corrected chi connectivity index (χ2v) is 6.74. The average Bonchev–Trinajstić information content (AvgIpc) is 3.01. The number of rotatable bonds is 8. The maximum absolute atomic E-state index is 12.5. The molecule has 2 aromatic carbocycles. The Hall–Kier alpha value is -2.73. The maximum Gasteiger partial charge on any atom is 0.251 e. The number of nitrogens with zero attached hydrogens (tertiary/aromatic N) is 2. The molecule has 0 aliphatic carbocycles. The molecule has 1 heterocycles. The molecule has 28 heavy (non-hydrogen) atoms. The Balaban J connectivity index is 1.61. The molecule has 1 aromatic heterocycles. The lowest BCUT2D eigenvalue weighted by atomic mass is 10.2. The van der Waals surface area contributed by atoms with E-state index < -0.39 is 0 Å². The van der Waals surface area contributed by atoms with Crippen molar-refractivity contribution in [2.75, 3.05) is 20.3 Å². The number of imidazole rings is 1. The lowest BCUT2D eigenvalue weighted by Crippen LogP contribution is -2.25. The number of aromatic nitrogens is 2. The number of methoxy groups -OCH3 is 1. The molecular weight excluding hydrogens is 378 g/mol. The van der Waals surface area contributed by atoms with Gasteiger partial charge in [-0.3, -0.25) is 4.79 Å². The number of hydrogen-bond acceptors (Lipinski definition) is 4.